The smallest absolute Gasteiger partial charge is 0.123 e. The van der Waals surface area contributed by atoms with Crippen molar-refractivity contribution in [3.8, 4) is 17.2 Å². The van der Waals surface area contributed by atoms with Crippen LogP contribution in [0.25, 0.3) is 11.1 Å². The van der Waals surface area contributed by atoms with Crippen molar-refractivity contribution in [2.45, 2.75) is 27.7 Å². The van der Waals surface area contributed by atoms with E-state index in [9.17, 15) is 0 Å². The van der Waals surface area contributed by atoms with Gasteiger partial charge < -0.3 is 10.6 Å². The second-order valence-corrected chi connectivity index (χ2v) is 7.65. The Balaban J connectivity index is 0.00000149. The molecule has 2 heterocycles. The largest absolute Gasteiger partial charge is 0.384 e. The van der Waals surface area contributed by atoms with Crippen LogP contribution in [0.4, 0.5) is 22.9 Å². The number of rotatable bonds is 2. The predicted molar refractivity (Wildman–Crippen MR) is 136 cm³/mol. The first kappa shape index (κ1) is 23.5. The molecule has 3 aromatic rings. The van der Waals surface area contributed by atoms with Gasteiger partial charge in [0.2, 0.25) is 0 Å². The summed E-state index contributed by atoms with van der Waals surface area (Å²) in [7, 11) is 0. The second kappa shape index (κ2) is 9.96. The lowest BCUT2D eigenvalue weighted by molar-refractivity contribution is 0.757. The molecule has 0 saturated heterocycles. The van der Waals surface area contributed by atoms with E-state index in [4.69, 9.17) is 21.8 Å². The van der Waals surface area contributed by atoms with E-state index < -0.39 is 0 Å². The molecular formula is C26H29N7. The Labute approximate surface area is 195 Å². The minimum Gasteiger partial charge on any atom is -0.384 e. The normalized spacial score (nSPS) is 15.0. The number of anilines is 4. The lowest BCUT2D eigenvalue weighted by Gasteiger charge is -2.27. The number of aromatic nitrogens is 1. The van der Waals surface area contributed by atoms with E-state index in [1.165, 1.54) is 0 Å². The maximum Gasteiger partial charge on any atom is 0.123 e. The number of benzene rings is 2. The molecule has 1 aliphatic rings. The fourth-order valence-corrected chi connectivity index (χ4v) is 3.81. The van der Waals surface area contributed by atoms with Gasteiger partial charge in [0, 0.05) is 29.9 Å². The van der Waals surface area contributed by atoms with Gasteiger partial charge in [-0.3, -0.25) is 15.7 Å². The third kappa shape index (κ3) is 4.70. The summed E-state index contributed by atoms with van der Waals surface area (Å²) in [6.45, 7) is 8.26. The summed E-state index contributed by atoms with van der Waals surface area (Å²) in [5.41, 5.74) is 10.8. The Bertz CT molecular complexity index is 1190. The van der Waals surface area contributed by atoms with Crippen LogP contribution >= 0.6 is 0 Å². The summed E-state index contributed by atoms with van der Waals surface area (Å²) in [5.74, 6) is 1.03. The molecule has 0 spiro atoms. The number of nitrogens with zero attached hydrogens (tertiary/aromatic N) is 4. The van der Waals surface area contributed by atoms with Crippen LogP contribution in [0.3, 0.4) is 0 Å². The standard InChI is InChI=1S/C24H23N7.C2H6/c1-15-14-30(20-7-3-17(12-25)4-8-20)22-11-18(19-6-10-23(27)29-13-19)5-9-21(22)31(16(2)26)24(15)28;1-2/h3-11,13,15,26,28H,14H2,1-2H3,(H2,27,29);1-2H3. The lowest BCUT2D eigenvalue weighted by Crippen LogP contribution is -2.38. The Morgan fingerprint density at radius 1 is 1.06 bits per heavy atom. The number of nitrogens with two attached hydrogens (primary N) is 1. The molecule has 1 unspecified atom stereocenters. The number of amidine groups is 2. The van der Waals surface area contributed by atoms with Crippen LogP contribution in [-0.4, -0.2) is 23.2 Å². The van der Waals surface area contributed by atoms with Crippen LogP contribution in [0.1, 0.15) is 33.3 Å². The molecule has 2 aromatic carbocycles. The second-order valence-electron chi connectivity index (χ2n) is 7.65. The number of fused-ring (bicyclic) bond motifs is 1. The summed E-state index contributed by atoms with van der Waals surface area (Å²) in [4.78, 5) is 8.04. The topological polar surface area (TPSA) is 117 Å². The first-order valence-corrected chi connectivity index (χ1v) is 11.0. The van der Waals surface area contributed by atoms with Crippen molar-refractivity contribution in [3.63, 3.8) is 0 Å². The number of nitrogens with one attached hydrogen (secondary N) is 2. The lowest BCUT2D eigenvalue weighted by atomic mass is 10.0. The molecular weight excluding hydrogens is 410 g/mol. The average Bonchev–Trinajstić information content (AvgIpc) is 2.95. The maximum absolute atomic E-state index is 9.16. The molecule has 0 saturated carbocycles. The monoisotopic (exact) mass is 439 g/mol. The van der Waals surface area contributed by atoms with Gasteiger partial charge in [-0.05, 0) is 61.0 Å². The fourth-order valence-electron chi connectivity index (χ4n) is 3.81. The minimum atomic E-state index is -0.106. The first-order valence-electron chi connectivity index (χ1n) is 11.0. The van der Waals surface area contributed by atoms with Crippen molar-refractivity contribution < 1.29 is 0 Å². The molecule has 7 nitrogen and oxygen atoms in total. The van der Waals surface area contributed by atoms with Gasteiger partial charge in [0.1, 0.15) is 17.5 Å². The van der Waals surface area contributed by atoms with Gasteiger partial charge in [0.05, 0.1) is 23.0 Å². The molecule has 0 aliphatic carbocycles. The Morgan fingerprint density at radius 2 is 1.73 bits per heavy atom. The van der Waals surface area contributed by atoms with E-state index in [2.05, 4.69) is 22.0 Å². The van der Waals surface area contributed by atoms with E-state index in [-0.39, 0.29) is 5.92 Å². The third-order valence-electron chi connectivity index (χ3n) is 5.43. The van der Waals surface area contributed by atoms with Gasteiger partial charge in [0.15, 0.2) is 0 Å². The molecule has 0 radical (unpaired) electrons. The van der Waals surface area contributed by atoms with Gasteiger partial charge in [-0.25, -0.2) is 4.98 Å². The molecule has 4 rings (SSSR count). The zero-order valence-electron chi connectivity index (χ0n) is 19.4. The Morgan fingerprint density at radius 3 is 2.30 bits per heavy atom. The molecule has 33 heavy (non-hydrogen) atoms. The van der Waals surface area contributed by atoms with E-state index >= 15 is 0 Å². The van der Waals surface area contributed by atoms with Crippen LogP contribution in [0.2, 0.25) is 0 Å². The van der Waals surface area contributed by atoms with E-state index in [0.717, 1.165) is 28.2 Å². The summed E-state index contributed by atoms with van der Waals surface area (Å²) in [6.07, 6.45) is 1.74. The molecule has 7 heteroatoms. The van der Waals surface area contributed by atoms with Gasteiger partial charge in [0.25, 0.3) is 0 Å². The van der Waals surface area contributed by atoms with Gasteiger partial charge in [-0.15, -0.1) is 0 Å². The van der Waals surface area contributed by atoms with Gasteiger partial charge >= 0.3 is 0 Å². The highest BCUT2D eigenvalue weighted by Crippen LogP contribution is 2.41. The number of hydrogen-bond acceptors (Lipinski definition) is 6. The Kier molecular flexibility index (Phi) is 7.09. The zero-order valence-corrected chi connectivity index (χ0v) is 19.4. The molecule has 1 aliphatic heterocycles. The molecule has 4 N–H and O–H groups in total. The van der Waals surface area contributed by atoms with Crippen molar-refractivity contribution in [1.82, 2.24) is 4.98 Å². The summed E-state index contributed by atoms with van der Waals surface area (Å²) in [6, 6.07) is 19.3. The minimum absolute atomic E-state index is 0.106. The summed E-state index contributed by atoms with van der Waals surface area (Å²) in [5, 5.41) is 26.2. The van der Waals surface area contributed by atoms with Gasteiger partial charge in [-0.2, -0.15) is 5.26 Å². The molecule has 0 bridgehead atoms. The SMILES string of the molecule is CC.CC(=N)N1C(=N)C(C)CN(c2ccc(C#N)cc2)c2cc(-c3ccc(N)nc3)ccc21. The van der Waals surface area contributed by atoms with Crippen molar-refractivity contribution in [3.05, 3.63) is 66.4 Å². The van der Waals surface area contributed by atoms with Crippen molar-refractivity contribution in [1.29, 1.82) is 16.1 Å². The van der Waals surface area contributed by atoms with Crippen molar-refractivity contribution in [2.75, 3.05) is 22.1 Å². The molecule has 1 atom stereocenters. The van der Waals surface area contributed by atoms with Crippen LogP contribution in [0.15, 0.2) is 60.8 Å². The van der Waals surface area contributed by atoms with Crippen LogP contribution in [-0.2, 0) is 0 Å². The number of nitrogen functional groups attached to an aromatic ring is 1. The number of nitriles is 1. The van der Waals surface area contributed by atoms with Crippen LogP contribution in [0.5, 0.6) is 0 Å². The predicted octanol–water partition coefficient (Wildman–Crippen LogP) is 5.80. The van der Waals surface area contributed by atoms with E-state index in [1.807, 2.05) is 51.1 Å². The molecule has 0 amide bonds. The van der Waals surface area contributed by atoms with E-state index in [0.29, 0.717) is 29.6 Å². The average molecular weight is 440 g/mol. The van der Waals surface area contributed by atoms with E-state index in [1.54, 1.807) is 36.2 Å². The molecule has 168 valence electrons. The molecule has 1 aromatic heterocycles. The number of pyridine rings is 1. The van der Waals surface area contributed by atoms with Crippen LogP contribution in [0, 0.1) is 28.1 Å². The van der Waals surface area contributed by atoms with Crippen molar-refractivity contribution in [2.24, 2.45) is 5.92 Å². The van der Waals surface area contributed by atoms with Gasteiger partial charge in [-0.1, -0.05) is 26.8 Å². The highest BCUT2D eigenvalue weighted by molar-refractivity contribution is 6.19. The Hall–Kier alpha value is -4.18. The quantitative estimate of drug-likeness (QED) is 0.345. The zero-order chi connectivity index (χ0) is 24.1. The third-order valence-corrected chi connectivity index (χ3v) is 5.43. The summed E-state index contributed by atoms with van der Waals surface area (Å²) >= 11 is 0. The highest BCUT2D eigenvalue weighted by Gasteiger charge is 2.31. The summed E-state index contributed by atoms with van der Waals surface area (Å²) < 4.78 is 0. The fraction of sp³-hybridized carbons (Fsp3) is 0.231. The molecule has 0 fully saturated rings. The number of hydrogen-bond donors (Lipinski definition) is 3. The van der Waals surface area contributed by atoms with Crippen LogP contribution < -0.4 is 15.5 Å². The van der Waals surface area contributed by atoms with Crippen molar-refractivity contribution >= 4 is 34.6 Å². The first-order chi connectivity index (χ1) is 15.9. The highest BCUT2D eigenvalue weighted by atomic mass is 15.3. The maximum atomic E-state index is 9.16.